The zero-order valence-electron chi connectivity index (χ0n) is 11.6. The first-order valence-corrected chi connectivity index (χ1v) is 8.47. The van der Waals surface area contributed by atoms with Crippen LogP contribution < -0.4 is 5.32 Å². The Balaban J connectivity index is 2.10. The summed E-state index contributed by atoms with van der Waals surface area (Å²) in [6.07, 6.45) is 2.42. The summed E-state index contributed by atoms with van der Waals surface area (Å²) in [6, 6.07) is 9.52. The normalized spacial score (nSPS) is 9.81. The van der Waals surface area contributed by atoms with Crippen LogP contribution in [0.3, 0.4) is 0 Å². The molecule has 1 heterocycles. The van der Waals surface area contributed by atoms with Gasteiger partial charge in [0.05, 0.1) is 6.61 Å². The maximum absolute atomic E-state index is 12.3. The fraction of sp³-hybridized carbons (Fsp3) is 0.188. The summed E-state index contributed by atoms with van der Waals surface area (Å²) in [4.78, 5) is 14.0. The SMILES string of the molecule is CSc1ccc(NC(=O)c2sccc2C#CCCO)cc1. The van der Waals surface area contributed by atoms with E-state index in [0.717, 1.165) is 10.6 Å². The lowest BCUT2D eigenvalue weighted by Crippen LogP contribution is -2.11. The van der Waals surface area contributed by atoms with E-state index in [9.17, 15) is 4.79 Å². The minimum atomic E-state index is -0.157. The number of amides is 1. The minimum Gasteiger partial charge on any atom is -0.395 e. The summed E-state index contributed by atoms with van der Waals surface area (Å²) in [5.41, 5.74) is 1.46. The summed E-state index contributed by atoms with van der Waals surface area (Å²) in [6.45, 7) is 0.0282. The Morgan fingerprint density at radius 1 is 1.33 bits per heavy atom. The molecule has 5 heteroatoms. The molecule has 21 heavy (non-hydrogen) atoms. The second-order valence-corrected chi connectivity index (χ2v) is 5.92. The zero-order valence-corrected chi connectivity index (χ0v) is 13.2. The number of aliphatic hydroxyl groups is 1. The molecule has 0 bridgehead atoms. The number of benzene rings is 1. The van der Waals surface area contributed by atoms with Crippen LogP contribution in [0.25, 0.3) is 0 Å². The molecular formula is C16H15NO2S2. The highest BCUT2D eigenvalue weighted by atomic mass is 32.2. The molecule has 0 saturated heterocycles. The highest BCUT2D eigenvalue weighted by Crippen LogP contribution is 2.20. The van der Waals surface area contributed by atoms with Gasteiger partial charge in [-0.3, -0.25) is 4.79 Å². The van der Waals surface area contributed by atoms with Gasteiger partial charge in [0, 0.05) is 22.6 Å². The minimum absolute atomic E-state index is 0.0282. The molecule has 0 spiro atoms. The molecule has 2 N–H and O–H groups in total. The van der Waals surface area contributed by atoms with Crippen LogP contribution in [0.1, 0.15) is 21.7 Å². The van der Waals surface area contributed by atoms with Crippen LogP contribution >= 0.6 is 23.1 Å². The van der Waals surface area contributed by atoms with Crippen molar-refractivity contribution < 1.29 is 9.90 Å². The number of thiophene rings is 1. The largest absolute Gasteiger partial charge is 0.395 e. The molecule has 1 aromatic carbocycles. The van der Waals surface area contributed by atoms with Crippen LogP contribution in [0.4, 0.5) is 5.69 Å². The van der Waals surface area contributed by atoms with Crippen LogP contribution in [0.15, 0.2) is 40.6 Å². The second kappa shape index (κ2) is 7.89. The van der Waals surface area contributed by atoms with E-state index in [2.05, 4.69) is 17.2 Å². The summed E-state index contributed by atoms with van der Waals surface area (Å²) in [5, 5.41) is 13.4. The van der Waals surface area contributed by atoms with Crippen molar-refractivity contribution in [2.45, 2.75) is 11.3 Å². The Labute approximate surface area is 132 Å². The number of carbonyl (C=O) groups is 1. The van der Waals surface area contributed by atoms with Crippen molar-refractivity contribution >= 4 is 34.7 Å². The Morgan fingerprint density at radius 3 is 2.76 bits per heavy atom. The monoisotopic (exact) mass is 317 g/mol. The van der Waals surface area contributed by atoms with Crippen molar-refractivity contribution in [3.05, 3.63) is 46.2 Å². The quantitative estimate of drug-likeness (QED) is 0.671. The average molecular weight is 317 g/mol. The van der Waals surface area contributed by atoms with Gasteiger partial charge in [-0.05, 0) is 42.0 Å². The first kappa shape index (κ1) is 15.6. The Morgan fingerprint density at radius 2 is 2.10 bits per heavy atom. The molecule has 0 aliphatic carbocycles. The van der Waals surface area contributed by atoms with Crippen molar-refractivity contribution in [1.29, 1.82) is 0 Å². The van der Waals surface area contributed by atoms with Crippen molar-refractivity contribution in [3.8, 4) is 11.8 Å². The lowest BCUT2D eigenvalue weighted by molar-refractivity contribution is 0.103. The van der Waals surface area contributed by atoms with Gasteiger partial charge in [0.25, 0.3) is 5.91 Å². The average Bonchev–Trinajstić information content (AvgIpc) is 2.97. The maximum Gasteiger partial charge on any atom is 0.267 e. The molecular weight excluding hydrogens is 302 g/mol. The summed E-state index contributed by atoms with van der Waals surface area (Å²) >= 11 is 3.02. The van der Waals surface area contributed by atoms with Gasteiger partial charge >= 0.3 is 0 Å². The number of thioether (sulfide) groups is 1. The Kier molecular flexibility index (Phi) is 5.88. The van der Waals surface area contributed by atoms with E-state index < -0.39 is 0 Å². The Bertz CT molecular complexity index is 666. The molecule has 2 aromatic rings. The number of rotatable bonds is 4. The first-order valence-electron chi connectivity index (χ1n) is 6.37. The van der Waals surface area contributed by atoms with Crippen LogP contribution in [0, 0.1) is 11.8 Å². The van der Waals surface area contributed by atoms with E-state index in [1.54, 1.807) is 11.8 Å². The predicted molar refractivity (Wildman–Crippen MR) is 89.1 cm³/mol. The first-order chi connectivity index (χ1) is 10.2. The molecule has 0 aliphatic rings. The maximum atomic E-state index is 12.3. The molecule has 3 nitrogen and oxygen atoms in total. The van der Waals surface area contributed by atoms with Gasteiger partial charge in [-0.25, -0.2) is 0 Å². The highest BCUT2D eigenvalue weighted by molar-refractivity contribution is 7.98. The van der Waals surface area contributed by atoms with Gasteiger partial charge in [-0.15, -0.1) is 23.1 Å². The van der Waals surface area contributed by atoms with Crippen molar-refractivity contribution in [2.24, 2.45) is 0 Å². The molecule has 1 aromatic heterocycles. The smallest absolute Gasteiger partial charge is 0.267 e. The standard InChI is InChI=1S/C16H15NO2S2/c1-20-14-7-5-13(6-8-14)17-16(19)15-12(9-11-21-15)4-2-3-10-18/h5-9,11,18H,3,10H2,1H3,(H,17,19). The van der Waals surface area contributed by atoms with Crippen molar-refractivity contribution in [3.63, 3.8) is 0 Å². The topological polar surface area (TPSA) is 49.3 Å². The fourth-order valence-corrected chi connectivity index (χ4v) is 2.81. The lowest BCUT2D eigenvalue weighted by atomic mass is 10.2. The van der Waals surface area contributed by atoms with E-state index in [1.165, 1.54) is 11.3 Å². The van der Waals surface area contributed by atoms with E-state index in [0.29, 0.717) is 16.9 Å². The molecule has 0 radical (unpaired) electrons. The van der Waals surface area contributed by atoms with E-state index in [-0.39, 0.29) is 12.5 Å². The summed E-state index contributed by atoms with van der Waals surface area (Å²) in [5.74, 6) is 5.59. The van der Waals surface area contributed by atoms with Gasteiger partial charge in [0.2, 0.25) is 0 Å². The molecule has 108 valence electrons. The van der Waals surface area contributed by atoms with E-state index >= 15 is 0 Å². The van der Waals surface area contributed by atoms with Gasteiger partial charge in [0.15, 0.2) is 0 Å². The fourth-order valence-electron chi connectivity index (χ4n) is 1.66. The third kappa shape index (κ3) is 4.36. The molecule has 0 saturated carbocycles. The molecule has 0 atom stereocenters. The molecule has 0 aliphatic heterocycles. The van der Waals surface area contributed by atoms with Gasteiger partial charge in [-0.1, -0.05) is 11.8 Å². The lowest BCUT2D eigenvalue weighted by Gasteiger charge is -2.05. The van der Waals surface area contributed by atoms with E-state index in [4.69, 9.17) is 5.11 Å². The number of anilines is 1. The second-order valence-electron chi connectivity index (χ2n) is 4.12. The van der Waals surface area contributed by atoms with Crippen molar-refractivity contribution in [2.75, 3.05) is 18.2 Å². The van der Waals surface area contributed by atoms with Crippen LogP contribution in [-0.2, 0) is 0 Å². The predicted octanol–water partition coefficient (Wildman–Crippen LogP) is 3.46. The van der Waals surface area contributed by atoms with E-state index in [1.807, 2.05) is 42.0 Å². The number of aliphatic hydroxyl groups excluding tert-OH is 1. The highest BCUT2D eigenvalue weighted by Gasteiger charge is 2.12. The number of hydrogen-bond acceptors (Lipinski definition) is 4. The van der Waals surface area contributed by atoms with Gasteiger partial charge in [-0.2, -0.15) is 0 Å². The van der Waals surface area contributed by atoms with Gasteiger partial charge < -0.3 is 10.4 Å². The molecule has 0 fully saturated rings. The summed E-state index contributed by atoms with van der Waals surface area (Å²) in [7, 11) is 0. The number of hydrogen-bond donors (Lipinski definition) is 2. The molecule has 1 amide bonds. The number of nitrogens with one attached hydrogen (secondary N) is 1. The third-order valence-electron chi connectivity index (χ3n) is 2.68. The summed E-state index contributed by atoms with van der Waals surface area (Å²) < 4.78 is 0. The van der Waals surface area contributed by atoms with Crippen LogP contribution in [0.5, 0.6) is 0 Å². The molecule has 0 unspecified atom stereocenters. The zero-order chi connectivity index (χ0) is 15.1. The molecule has 2 rings (SSSR count). The van der Waals surface area contributed by atoms with Crippen LogP contribution in [0.2, 0.25) is 0 Å². The Hall–Kier alpha value is -1.74. The van der Waals surface area contributed by atoms with Gasteiger partial charge in [0.1, 0.15) is 4.88 Å². The van der Waals surface area contributed by atoms with Crippen molar-refractivity contribution in [1.82, 2.24) is 0 Å². The number of carbonyl (C=O) groups excluding carboxylic acids is 1. The van der Waals surface area contributed by atoms with Crippen LogP contribution in [-0.4, -0.2) is 23.9 Å². The third-order valence-corrected chi connectivity index (χ3v) is 4.34.